The lowest BCUT2D eigenvalue weighted by atomic mass is 10.0. The van der Waals surface area contributed by atoms with Crippen molar-refractivity contribution in [3.05, 3.63) is 29.6 Å². The van der Waals surface area contributed by atoms with Crippen LogP contribution in [-0.4, -0.2) is 20.0 Å². The van der Waals surface area contributed by atoms with Crippen LogP contribution in [-0.2, 0) is 5.54 Å². The first kappa shape index (κ1) is 11.3. The summed E-state index contributed by atoms with van der Waals surface area (Å²) in [5.74, 6) is -3.49. The van der Waals surface area contributed by atoms with Crippen LogP contribution in [0, 0.1) is 5.82 Å². The van der Waals surface area contributed by atoms with Crippen LogP contribution in [0.4, 0.5) is 18.9 Å². The van der Waals surface area contributed by atoms with E-state index in [4.69, 9.17) is 5.73 Å². The molecular formula is C11H13F3N2. The van der Waals surface area contributed by atoms with Crippen LogP contribution in [0.25, 0.3) is 0 Å². The Balaban J connectivity index is 2.52. The summed E-state index contributed by atoms with van der Waals surface area (Å²) < 4.78 is 39.5. The number of benzene rings is 1. The lowest BCUT2D eigenvalue weighted by Crippen LogP contribution is -2.29. The minimum atomic E-state index is -2.94. The summed E-state index contributed by atoms with van der Waals surface area (Å²) in [7, 11) is 3.42. The van der Waals surface area contributed by atoms with Gasteiger partial charge < -0.3 is 10.6 Å². The number of nitrogens with two attached hydrogens (primary N) is 1. The van der Waals surface area contributed by atoms with E-state index >= 15 is 0 Å². The lowest BCUT2D eigenvalue weighted by Gasteiger charge is -2.21. The summed E-state index contributed by atoms with van der Waals surface area (Å²) in [5.41, 5.74) is 4.59. The van der Waals surface area contributed by atoms with E-state index in [1.807, 2.05) is 0 Å². The van der Waals surface area contributed by atoms with Crippen molar-refractivity contribution in [2.75, 3.05) is 19.0 Å². The Labute approximate surface area is 91.8 Å². The van der Waals surface area contributed by atoms with Crippen LogP contribution in [0.15, 0.2) is 18.2 Å². The summed E-state index contributed by atoms with van der Waals surface area (Å²) in [4.78, 5) is 1.65. The lowest BCUT2D eigenvalue weighted by molar-refractivity contribution is 0.0891. The summed E-state index contributed by atoms with van der Waals surface area (Å²) >= 11 is 0. The van der Waals surface area contributed by atoms with Gasteiger partial charge in [0.15, 0.2) is 0 Å². The maximum absolute atomic E-state index is 13.2. The molecule has 0 saturated heterocycles. The fraction of sp³-hybridized carbons (Fsp3) is 0.455. The van der Waals surface area contributed by atoms with Gasteiger partial charge in [0.2, 0.25) is 0 Å². The minimum absolute atomic E-state index is 0.169. The summed E-state index contributed by atoms with van der Waals surface area (Å²) in [6, 6.07) is 3.80. The number of hydrogen-bond acceptors (Lipinski definition) is 2. The van der Waals surface area contributed by atoms with E-state index in [0.29, 0.717) is 5.69 Å². The van der Waals surface area contributed by atoms with E-state index in [1.54, 1.807) is 19.0 Å². The molecule has 0 heterocycles. The quantitative estimate of drug-likeness (QED) is 0.842. The highest BCUT2D eigenvalue weighted by Crippen LogP contribution is 2.59. The van der Waals surface area contributed by atoms with E-state index < -0.39 is 23.7 Å². The predicted molar refractivity (Wildman–Crippen MR) is 56.2 cm³/mol. The Bertz CT molecular complexity index is 431. The first-order chi connectivity index (χ1) is 7.28. The molecule has 0 radical (unpaired) electrons. The fourth-order valence-electron chi connectivity index (χ4n) is 1.85. The Morgan fingerprint density at radius 1 is 1.31 bits per heavy atom. The minimum Gasteiger partial charge on any atom is -0.377 e. The van der Waals surface area contributed by atoms with Gasteiger partial charge in [-0.05, 0) is 18.2 Å². The van der Waals surface area contributed by atoms with Gasteiger partial charge in [0.25, 0.3) is 5.92 Å². The Morgan fingerprint density at radius 2 is 1.88 bits per heavy atom. The molecule has 2 N–H and O–H groups in total. The standard InChI is InChI=1S/C11H13F3N2/c1-16(2)9-4-3-7(12)5-8(9)10(15)6-11(10,13)14/h3-5H,6,15H2,1-2H3. The molecule has 1 aliphatic rings. The molecule has 16 heavy (non-hydrogen) atoms. The Hall–Kier alpha value is -1.23. The van der Waals surface area contributed by atoms with Gasteiger partial charge in [0, 0.05) is 31.8 Å². The molecule has 0 aliphatic heterocycles. The third-order valence-corrected chi connectivity index (χ3v) is 2.95. The largest absolute Gasteiger partial charge is 0.377 e. The Kier molecular flexibility index (Phi) is 2.21. The topological polar surface area (TPSA) is 29.3 Å². The van der Waals surface area contributed by atoms with Crippen molar-refractivity contribution < 1.29 is 13.2 Å². The number of anilines is 1. The van der Waals surface area contributed by atoms with Crippen molar-refractivity contribution in [1.29, 1.82) is 0 Å². The maximum atomic E-state index is 13.2. The molecule has 1 aromatic carbocycles. The normalized spacial score (nSPS) is 26.6. The van der Waals surface area contributed by atoms with Gasteiger partial charge in [-0.2, -0.15) is 0 Å². The second-order valence-electron chi connectivity index (χ2n) is 4.41. The molecule has 0 bridgehead atoms. The van der Waals surface area contributed by atoms with E-state index in [0.717, 1.165) is 6.07 Å². The SMILES string of the molecule is CN(C)c1ccc(F)cc1C1(N)CC1(F)F. The zero-order valence-electron chi connectivity index (χ0n) is 9.10. The van der Waals surface area contributed by atoms with Crippen LogP contribution < -0.4 is 10.6 Å². The highest BCUT2D eigenvalue weighted by molar-refractivity contribution is 5.59. The van der Waals surface area contributed by atoms with Gasteiger partial charge >= 0.3 is 0 Å². The smallest absolute Gasteiger partial charge is 0.272 e. The molecule has 1 saturated carbocycles. The van der Waals surface area contributed by atoms with Crippen molar-refractivity contribution in [3.63, 3.8) is 0 Å². The summed E-state index contributed by atoms with van der Waals surface area (Å²) in [6.45, 7) is 0. The molecule has 1 atom stereocenters. The molecule has 0 amide bonds. The maximum Gasteiger partial charge on any atom is 0.272 e. The van der Waals surface area contributed by atoms with Crippen molar-refractivity contribution in [1.82, 2.24) is 0 Å². The Morgan fingerprint density at radius 3 is 2.31 bits per heavy atom. The zero-order valence-corrected chi connectivity index (χ0v) is 9.10. The molecule has 2 rings (SSSR count). The fourth-order valence-corrected chi connectivity index (χ4v) is 1.85. The van der Waals surface area contributed by atoms with Crippen LogP contribution in [0.1, 0.15) is 12.0 Å². The molecular weight excluding hydrogens is 217 g/mol. The van der Waals surface area contributed by atoms with Crippen molar-refractivity contribution in [2.45, 2.75) is 17.9 Å². The van der Waals surface area contributed by atoms with Gasteiger partial charge in [-0.25, -0.2) is 13.2 Å². The molecule has 1 fully saturated rings. The first-order valence-corrected chi connectivity index (χ1v) is 4.92. The van der Waals surface area contributed by atoms with E-state index in [2.05, 4.69) is 0 Å². The molecule has 0 aromatic heterocycles. The third-order valence-electron chi connectivity index (χ3n) is 2.95. The van der Waals surface area contributed by atoms with Gasteiger partial charge in [-0.15, -0.1) is 0 Å². The predicted octanol–water partition coefficient (Wildman–Crippen LogP) is 2.08. The van der Waals surface area contributed by atoms with E-state index in [-0.39, 0.29) is 5.56 Å². The summed E-state index contributed by atoms with van der Waals surface area (Å²) in [5, 5.41) is 0. The number of rotatable bonds is 2. The first-order valence-electron chi connectivity index (χ1n) is 4.92. The third kappa shape index (κ3) is 1.46. The molecule has 2 nitrogen and oxygen atoms in total. The van der Waals surface area contributed by atoms with Crippen LogP contribution in [0.3, 0.4) is 0 Å². The molecule has 5 heteroatoms. The number of nitrogens with zero attached hydrogens (tertiary/aromatic N) is 1. The van der Waals surface area contributed by atoms with Crippen molar-refractivity contribution in [3.8, 4) is 0 Å². The summed E-state index contributed by atoms with van der Waals surface area (Å²) in [6.07, 6.45) is -0.426. The van der Waals surface area contributed by atoms with Gasteiger partial charge in [-0.1, -0.05) is 0 Å². The average Bonchev–Trinajstić information content (AvgIpc) is 2.66. The van der Waals surface area contributed by atoms with E-state index in [1.165, 1.54) is 12.1 Å². The molecule has 0 spiro atoms. The van der Waals surface area contributed by atoms with Crippen LogP contribution in [0.2, 0.25) is 0 Å². The van der Waals surface area contributed by atoms with E-state index in [9.17, 15) is 13.2 Å². The van der Waals surface area contributed by atoms with Crippen LogP contribution in [0.5, 0.6) is 0 Å². The van der Waals surface area contributed by atoms with Gasteiger partial charge in [-0.3, -0.25) is 0 Å². The highest BCUT2D eigenvalue weighted by atomic mass is 19.3. The molecule has 1 aromatic rings. The zero-order chi connectivity index (χ0) is 12.1. The second kappa shape index (κ2) is 3.13. The van der Waals surface area contributed by atoms with Crippen LogP contribution >= 0.6 is 0 Å². The number of hydrogen-bond donors (Lipinski definition) is 1. The molecule has 1 unspecified atom stereocenters. The second-order valence-corrected chi connectivity index (χ2v) is 4.41. The average molecular weight is 230 g/mol. The highest BCUT2D eigenvalue weighted by Gasteiger charge is 2.70. The van der Waals surface area contributed by atoms with Gasteiger partial charge in [0.1, 0.15) is 11.4 Å². The van der Waals surface area contributed by atoms with Gasteiger partial charge in [0.05, 0.1) is 0 Å². The number of alkyl halides is 2. The molecule has 1 aliphatic carbocycles. The monoisotopic (exact) mass is 230 g/mol. The van der Waals surface area contributed by atoms with Crippen molar-refractivity contribution in [2.24, 2.45) is 5.73 Å². The number of halogens is 3. The molecule has 88 valence electrons. The van der Waals surface area contributed by atoms with Crippen molar-refractivity contribution >= 4 is 5.69 Å².